The van der Waals surface area contributed by atoms with E-state index in [1.54, 1.807) is 75.4 Å². The van der Waals surface area contributed by atoms with Gasteiger partial charge in [0.15, 0.2) is 0 Å². The second-order valence-corrected chi connectivity index (χ2v) is 30.1. The van der Waals surface area contributed by atoms with Crippen LogP contribution >= 0.6 is 0 Å². The zero-order valence-electron chi connectivity index (χ0n) is 46.4. The number of aliphatic hydroxyl groups is 2. The van der Waals surface area contributed by atoms with Crippen LogP contribution in [0.5, 0.6) is 11.5 Å². The number of aliphatic hydroxyl groups excluding tert-OH is 2. The van der Waals surface area contributed by atoms with Crippen LogP contribution in [0.1, 0.15) is 56.7 Å². The van der Waals surface area contributed by atoms with Gasteiger partial charge in [-0.05, 0) is 373 Å². The Morgan fingerprint density at radius 1 is 0.250 bits per heavy atom. The van der Waals surface area contributed by atoms with E-state index in [1.807, 2.05) is 0 Å². The van der Waals surface area contributed by atoms with Gasteiger partial charge in [-0.25, -0.2) is 0 Å². The van der Waals surface area contributed by atoms with Gasteiger partial charge in [0.1, 0.15) is 24.7 Å². The fourth-order valence-corrected chi connectivity index (χ4v) is 27.7. The third-order valence-electron chi connectivity index (χ3n) is 28.7. The molecular formula is C82H28O6. The number of rotatable bonds is 0. The topological polar surface area (TPSA) is 77.4 Å². The predicted molar refractivity (Wildman–Crippen MR) is 359 cm³/mol. The van der Waals surface area contributed by atoms with E-state index in [2.05, 4.69) is 50.2 Å². The summed E-state index contributed by atoms with van der Waals surface area (Å²) >= 11 is 0. The molecule has 2 N–H and O–H groups in total. The lowest BCUT2D eigenvalue weighted by molar-refractivity contribution is -0.00280. The van der Waals surface area contributed by atoms with Gasteiger partial charge in [0.2, 0.25) is 0 Å². The summed E-state index contributed by atoms with van der Waals surface area (Å²) < 4.78 is 25.2. The lowest BCUT2D eigenvalue weighted by atomic mass is 9.43. The molecule has 0 radical (unpaired) electrons. The Bertz CT molecular complexity index is 7550. The average molecular weight is 1110 g/mol. The minimum absolute atomic E-state index is 0.393. The number of aryl methyl sites for hydroxylation is 2. The average Bonchev–Trinajstić information content (AvgIpc) is 1.38. The molecular weight excluding hydrogens is 1080 g/mol. The molecule has 2 spiro atoms. The van der Waals surface area contributed by atoms with Crippen molar-refractivity contribution in [2.24, 2.45) is 0 Å². The zero-order chi connectivity index (χ0) is 54.4. The van der Waals surface area contributed by atoms with E-state index < -0.39 is 23.0 Å². The summed E-state index contributed by atoms with van der Waals surface area (Å²) in [5.74, 6) is 1.52. The molecule has 0 saturated heterocycles. The van der Waals surface area contributed by atoms with Crippen LogP contribution in [0.4, 0.5) is 0 Å². The Morgan fingerprint density at radius 3 is 0.602 bits per heavy atom. The van der Waals surface area contributed by atoms with Crippen molar-refractivity contribution in [3.8, 4) is 11.5 Å². The van der Waals surface area contributed by atoms with Gasteiger partial charge in [-0.1, -0.05) is 12.1 Å². The zero-order valence-corrected chi connectivity index (χ0v) is 46.4. The molecule has 30 aromatic rings. The van der Waals surface area contributed by atoms with Crippen molar-refractivity contribution >= 4 is 291 Å². The van der Waals surface area contributed by atoms with Gasteiger partial charge in [-0.3, -0.25) is 0 Å². The fourth-order valence-electron chi connectivity index (χ4n) is 27.7. The molecule has 30 aromatic carbocycles. The van der Waals surface area contributed by atoms with E-state index in [1.165, 1.54) is 238 Å². The van der Waals surface area contributed by atoms with Crippen molar-refractivity contribution in [1.29, 1.82) is 0 Å². The smallest absolute Gasteiger partial charge is 0.119 e. The van der Waals surface area contributed by atoms with Gasteiger partial charge in [0.25, 0.3) is 0 Å². The molecule has 6 heteroatoms. The summed E-state index contributed by atoms with van der Waals surface area (Å²) in [5, 5.41) is 112. The second kappa shape index (κ2) is 9.63. The first-order valence-corrected chi connectivity index (χ1v) is 32.3. The maximum atomic E-state index is 15.8. The molecule has 88 heavy (non-hydrogen) atoms. The molecule has 4 aliphatic carbocycles. The molecule has 7 aliphatic rings. The molecule has 0 saturated carbocycles. The lowest BCUT2D eigenvalue weighted by Gasteiger charge is -2.58. The van der Waals surface area contributed by atoms with Crippen molar-refractivity contribution in [3.05, 3.63) is 80.9 Å². The Hall–Kier alpha value is -9.66. The molecule has 0 aromatic heterocycles. The van der Waals surface area contributed by atoms with E-state index in [0.29, 0.717) is 39.6 Å². The van der Waals surface area contributed by atoms with E-state index in [4.69, 9.17) is 18.9 Å². The number of benzene rings is 20. The summed E-state index contributed by atoms with van der Waals surface area (Å²) in [5.41, 5.74) is 6.44. The van der Waals surface area contributed by atoms with E-state index in [-0.39, 0.29) is 0 Å². The Morgan fingerprint density at radius 2 is 0.420 bits per heavy atom. The summed E-state index contributed by atoms with van der Waals surface area (Å²) in [6.45, 7) is 6.98. The van der Waals surface area contributed by atoms with E-state index >= 15 is 10.2 Å². The van der Waals surface area contributed by atoms with Crippen molar-refractivity contribution < 1.29 is 29.2 Å². The summed E-state index contributed by atoms with van der Waals surface area (Å²) in [6.07, 6.45) is -2.23. The molecule has 3 heterocycles. The van der Waals surface area contributed by atoms with Crippen molar-refractivity contribution in [3.63, 3.8) is 0 Å². The summed E-state index contributed by atoms with van der Waals surface area (Å²) in [7, 11) is 0. The van der Waals surface area contributed by atoms with Gasteiger partial charge in [0, 0.05) is 0 Å². The third-order valence-corrected chi connectivity index (χ3v) is 28.7. The van der Waals surface area contributed by atoms with Crippen LogP contribution in [0.3, 0.4) is 0 Å². The molecule has 6 nitrogen and oxygen atoms in total. The normalized spacial score (nSPS) is 23.1. The molecule has 3 aliphatic heterocycles. The number of hydrogen-bond acceptors (Lipinski definition) is 6. The van der Waals surface area contributed by atoms with Gasteiger partial charge < -0.3 is 29.2 Å². The standard InChI is InChI=1S/C82H28O6/c1-15-13-17-3-5-19(15)79(83)81-75-67-59-49-39-31-23-21-22-25-29-27(23)35-43-37(29)47-41-33(25)34-26(22)30-28-24(21)32(31)40-46-36(28)44-38(30)48-42(34)52-51(41)61-55(47)65-57(43)63(53(59)45(35)39)71(75)73(65)77-69(61)70-62(52)56(48)66-58(44)64-54(46)60(50(40)49)68(67)76(81)72(64)74(66)78(70)82(77,81)80(84)20-6-4-18(14-16(20)2)88-12-10-86-8-7-85-9-11-87-17/h3-6,13-14,79-80,83-84H,7-12H2,1-2H3. The summed E-state index contributed by atoms with van der Waals surface area (Å²) in [4.78, 5) is 0. The SMILES string of the molecule is Cc1cc2ccc1C(O)C13c4c5c6c7c8c9c(c%10c%11c1c1c4c4c%12c5c5c6c6c8c8c%13c9c9c%10c%10c%11c%11c1c1c4c4c%12c%12c5c5c6c8c6c8c%13c9c9c%10c%10c%11c1c1c4c4c%12c5c6c5c8c9c%10c1c45)C73C(O)c1ccc(cc1C)OCCOCCOCCO2. The molecule has 0 amide bonds. The molecule has 2 atom stereocenters. The van der Waals surface area contributed by atoms with Crippen LogP contribution in [0, 0.1) is 13.8 Å². The predicted octanol–water partition coefficient (Wildman–Crippen LogP) is 19.2. The third kappa shape index (κ3) is 2.43. The maximum Gasteiger partial charge on any atom is 0.119 e. The van der Waals surface area contributed by atoms with E-state index in [9.17, 15) is 0 Å². The molecule has 37 rings (SSSR count). The van der Waals surface area contributed by atoms with Crippen LogP contribution in [0.25, 0.3) is 291 Å². The van der Waals surface area contributed by atoms with Gasteiger partial charge in [-0.15, -0.1) is 0 Å². The van der Waals surface area contributed by atoms with Crippen molar-refractivity contribution in [2.75, 3.05) is 39.6 Å². The van der Waals surface area contributed by atoms with Crippen LogP contribution in [0.15, 0.2) is 36.4 Å². The number of fused-ring (bicyclic) bond motifs is 2. The van der Waals surface area contributed by atoms with Crippen LogP contribution < -0.4 is 9.47 Å². The van der Waals surface area contributed by atoms with Crippen LogP contribution in [-0.2, 0) is 20.3 Å². The number of ether oxygens (including phenoxy) is 4. The molecule has 392 valence electrons. The molecule has 0 fully saturated rings. The van der Waals surface area contributed by atoms with E-state index in [0.717, 1.165) is 33.8 Å². The first-order chi connectivity index (χ1) is 43.5. The maximum absolute atomic E-state index is 15.8. The monoisotopic (exact) mass is 1110 g/mol. The van der Waals surface area contributed by atoms with Crippen LogP contribution in [-0.4, -0.2) is 49.9 Å². The first-order valence-electron chi connectivity index (χ1n) is 32.3. The quantitative estimate of drug-likeness (QED) is 0.147. The van der Waals surface area contributed by atoms with Gasteiger partial charge in [-0.2, -0.15) is 0 Å². The summed E-state index contributed by atoms with van der Waals surface area (Å²) in [6, 6.07) is 13.0. The fraction of sp³-hybridized carbons (Fsp3) is 0.146. The molecule has 4 bridgehead atoms. The Labute approximate surface area is 486 Å². The number of hydrogen-bond donors (Lipinski definition) is 2. The lowest BCUT2D eigenvalue weighted by Crippen LogP contribution is -2.58. The first kappa shape index (κ1) is 37.8. The highest BCUT2D eigenvalue weighted by Crippen LogP contribution is 2.87. The second-order valence-electron chi connectivity index (χ2n) is 30.1. The Kier molecular flexibility index (Phi) is 4.14. The largest absolute Gasteiger partial charge is 0.491 e. The van der Waals surface area contributed by atoms with Crippen molar-refractivity contribution in [2.45, 2.75) is 36.9 Å². The molecule has 2 unspecified atom stereocenters. The Balaban J connectivity index is 0.965. The van der Waals surface area contributed by atoms with Gasteiger partial charge in [0.05, 0.1) is 49.5 Å². The highest BCUT2D eigenvalue weighted by molar-refractivity contribution is 6.82. The minimum atomic E-state index is -1.24. The van der Waals surface area contributed by atoms with Gasteiger partial charge >= 0.3 is 0 Å². The minimum Gasteiger partial charge on any atom is -0.491 e. The highest BCUT2D eigenvalue weighted by Gasteiger charge is 2.74. The van der Waals surface area contributed by atoms with Crippen LogP contribution in [0.2, 0.25) is 0 Å². The highest BCUT2D eigenvalue weighted by atomic mass is 16.6. The van der Waals surface area contributed by atoms with Crippen molar-refractivity contribution in [1.82, 2.24) is 0 Å².